The van der Waals surface area contributed by atoms with Crippen molar-refractivity contribution in [3.05, 3.63) is 47.8 Å². The van der Waals surface area contributed by atoms with Crippen LogP contribution in [0, 0.1) is 17.7 Å². The van der Waals surface area contributed by atoms with Crippen LogP contribution in [0.5, 0.6) is 0 Å². The number of fused-ring (bicyclic) bond motifs is 1. The Hall–Kier alpha value is -1.41. The summed E-state index contributed by atoms with van der Waals surface area (Å²) in [6.45, 7) is 2.35. The summed E-state index contributed by atoms with van der Waals surface area (Å²) in [6.07, 6.45) is 5.18. The highest BCUT2D eigenvalue weighted by Crippen LogP contribution is 2.39. The first-order chi connectivity index (χ1) is 10.2. The Morgan fingerprint density at radius 3 is 2.57 bits per heavy atom. The smallest absolute Gasteiger partial charge is 0.131 e. The van der Waals surface area contributed by atoms with Crippen molar-refractivity contribution >= 4 is 10.8 Å². The lowest BCUT2D eigenvalue weighted by molar-refractivity contribution is 0.230. The third-order valence-electron chi connectivity index (χ3n) is 5.00. The molecule has 1 saturated carbocycles. The Labute approximate surface area is 126 Å². The quantitative estimate of drug-likeness (QED) is 0.830. The molecule has 3 unspecified atom stereocenters. The minimum absolute atomic E-state index is 0.124. The molecule has 0 heterocycles. The summed E-state index contributed by atoms with van der Waals surface area (Å²) in [6, 6.07) is 11.7. The van der Waals surface area contributed by atoms with Crippen molar-refractivity contribution in [2.24, 2.45) is 11.8 Å². The second-order valence-electron chi connectivity index (χ2n) is 6.48. The molecular weight excluding hydrogens is 261 g/mol. The van der Waals surface area contributed by atoms with Crippen LogP contribution in [0.1, 0.15) is 44.2 Å². The van der Waals surface area contributed by atoms with Crippen molar-refractivity contribution in [3.63, 3.8) is 0 Å². The number of rotatable bonds is 3. The van der Waals surface area contributed by atoms with Gasteiger partial charge in [-0.3, -0.25) is 0 Å². The van der Waals surface area contributed by atoms with Crippen LogP contribution in [0.3, 0.4) is 0 Å². The number of hydrogen-bond donors (Lipinski definition) is 1. The molecule has 0 aromatic heterocycles. The maximum atomic E-state index is 14.0. The maximum Gasteiger partial charge on any atom is 0.131 e. The summed E-state index contributed by atoms with van der Waals surface area (Å²) in [4.78, 5) is 0. The third-order valence-corrected chi connectivity index (χ3v) is 5.00. The van der Waals surface area contributed by atoms with E-state index >= 15 is 0 Å². The van der Waals surface area contributed by atoms with E-state index < -0.39 is 0 Å². The molecule has 1 fully saturated rings. The van der Waals surface area contributed by atoms with Crippen LogP contribution in [0.25, 0.3) is 10.8 Å². The van der Waals surface area contributed by atoms with Crippen molar-refractivity contribution in [2.75, 3.05) is 7.05 Å². The normalized spacial score (nSPS) is 24.1. The van der Waals surface area contributed by atoms with Crippen molar-refractivity contribution < 1.29 is 4.39 Å². The van der Waals surface area contributed by atoms with E-state index in [0.29, 0.717) is 12.0 Å². The molecule has 112 valence electrons. The molecule has 0 spiro atoms. The SMILES string of the molecule is CNC(c1ccc(F)c2ccccc12)C1CCCC(C)C1. The molecule has 0 amide bonds. The van der Waals surface area contributed by atoms with Crippen molar-refractivity contribution in [3.8, 4) is 0 Å². The highest BCUT2D eigenvalue weighted by atomic mass is 19.1. The molecule has 3 atom stereocenters. The number of hydrogen-bond acceptors (Lipinski definition) is 1. The van der Waals surface area contributed by atoms with E-state index in [2.05, 4.69) is 12.2 Å². The van der Waals surface area contributed by atoms with Crippen molar-refractivity contribution in [1.29, 1.82) is 0 Å². The van der Waals surface area contributed by atoms with Gasteiger partial charge >= 0.3 is 0 Å². The lowest BCUT2D eigenvalue weighted by Gasteiger charge is -2.34. The first-order valence-corrected chi connectivity index (χ1v) is 8.05. The summed E-state index contributed by atoms with van der Waals surface area (Å²) in [5, 5.41) is 5.28. The molecule has 1 aliphatic carbocycles. The summed E-state index contributed by atoms with van der Waals surface area (Å²) in [5.41, 5.74) is 1.24. The highest BCUT2D eigenvalue weighted by Gasteiger charge is 2.28. The monoisotopic (exact) mass is 285 g/mol. The molecule has 2 aromatic rings. The molecule has 0 saturated heterocycles. The molecule has 0 aliphatic heterocycles. The van der Waals surface area contributed by atoms with Crippen LogP contribution in [-0.2, 0) is 0 Å². The van der Waals surface area contributed by atoms with Gasteiger partial charge in [0.2, 0.25) is 0 Å². The summed E-state index contributed by atoms with van der Waals surface area (Å²) < 4.78 is 14.0. The fourth-order valence-electron chi connectivity index (χ4n) is 3.99. The molecule has 2 aromatic carbocycles. The predicted octanol–water partition coefficient (Wildman–Crippen LogP) is 5.07. The summed E-state index contributed by atoms with van der Waals surface area (Å²) in [5.74, 6) is 1.32. The minimum Gasteiger partial charge on any atom is -0.313 e. The van der Waals surface area contributed by atoms with Gasteiger partial charge in [0.15, 0.2) is 0 Å². The van der Waals surface area contributed by atoms with E-state index in [1.807, 2.05) is 37.4 Å². The highest BCUT2D eigenvalue weighted by molar-refractivity contribution is 5.86. The minimum atomic E-state index is -0.124. The standard InChI is InChI=1S/C19H24FN/c1-13-6-5-7-14(12-13)19(21-2)17-10-11-18(20)16-9-4-3-8-15(16)17/h3-4,8-11,13-14,19,21H,5-7,12H2,1-2H3. The first-order valence-electron chi connectivity index (χ1n) is 8.05. The summed E-state index contributed by atoms with van der Waals surface area (Å²) in [7, 11) is 2.03. The Morgan fingerprint density at radius 2 is 1.86 bits per heavy atom. The van der Waals surface area contributed by atoms with Crippen LogP contribution in [0.4, 0.5) is 4.39 Å². The Kier molecular flexibility index (Phi) is 4.25. The third kappa shape index (κ3) is 2.82. The molecule has 1 nitrogen and oxygen atoms in total. The predicted molar refractivity (Wildman–Crippen MR) is 86.8 cm³/mol. The molecule has 3 rings (SSSR count). The van der Waals surface area contributed by atoms with Crippen LogP contribution in [0.15, 0.2) is 36.4 Å². The van der Waals surface area contributed by atoms with Crippen LogP contribution < -0.4 is 5.32 Å². The number of benzene rings is 2. The van der Waals surface area contributed by atoms with Crippen molar-refractivity contribution in [2.45, 2.75) is 38.6 Å². The average molecular weight is 285 g/mol. The molecule has 2 heteroatoms. The molecule has 1 aliphatic rings. The van der Waals surface area contributed by atoms with Gasteiger partial charge in [-0.2, -0.15) is 0 Å². The van der Waals surface area contributed by atoms with Crippen LogP contribution >= 0.6 is 0 Å². The molecule has 0 radical (unpaired) electrons. The lowest BCUT2D eigenvalue weighted by atomic mass is 9.76. The van der Waals surface area contributed by atoms with Gasteiger partial charge < -0.3 is 5.32 Å². The Morgan fingerprint density at radius 1 is 1.10 bits per heavy atom. The van der Waals surface area contributed by atoms with E-state index in [9.17, 15) is 4.39 Å². The van der Waals surface area contributed by atoms with Gasteiger partial charge in [-0.1, -0.05) is 50.1 Å². The van der Waals surface area contributed by atoms with E-state index in [0.717, 1.165) is 16.7 Å². The first kappa shape index (κ1) is 14.5. The number of nitrogens with one attached hydrogen (secondary N) is 1. The van der Waals surface area contributed by atoms with Crippen LogP contribution in [-0.4, -0.2) is 7.05 Å². The van der Waals surface area contributed by atoms with Gasteiger partial charge in [-0.15, -0.1) is 0 Å². The second kappa shape index (κ2) is 6.15. The topological polar surface area (TPSA) is 12.0 Å². The van der Waals surface area contributed by atoms with Crippen molar-refractivity contribution in [1.82, 2.24) is 5.32 Å². The van der Waals surface area contributed by atoms with Gasteiger partial charge in [-0.25, -0.2) is 4.39 Å². The average Bonchev–Trinajstić information content (AvgIpc) is 2.51. The zero-order valence-corrected chi connectivity index (χ0v) is 12.9. The van der Waals surface area contributed by atoms with Gasteiger partial charge in [0.1, 0.15) is 5.82 Å². The zero-order chi connectivity index (χ0) is 14.8. The lowest BCUT2D eigenvalue weighted by Crippen LogP contribution is -2.29. The molecular formula is C19H24FN. The maximum absolute atomic E-state index is 14.0. The Balaban J connectivity index is 2.03. The zero-order valence-electron chi connectivity index (χ0n) is 12.9. The van der Waals surface area contributed by atoms with Gasteiger partial charge in [0.05, 0.1) is 0 Å². The van der Waals surface area contributed by atoms with E-state index in [-0.39, 0.29) is 5.82 Å². The summed E-state index contributed by atoms with van der Waals surface area (Å²) >= 11 is 0. The number of halogens is 1. The largest absolute Gasteiger partial charge is 0.313 e. The van der Waals surface area contributed by atoms with E-state index in [1.54, 1.807) is 6.07 Å². The molecule has 21 heavy (non-hydrogen) atoms. The molecule has 0 bridgehead atoms. The fraction of sp³-hybridized carbons (Fsp3) is 0.474. The molecule has 1 N–H and O–H groups in total. The van der Waals surface area contributed by atoms with Gasteiger partial charge in [0.25, 0.3) is 0 Å². The van der Waals surface area contributed by atoms with E-state index in [4.69, 9.17) is 0 Å². The van der Waals surface area contributed by atoms with Gasteiger partial charge in [0, 0.05) is 11.4 Å². The fourth-order valence-corrected chi connectivity index (χ4v) is 3.99. The van der Waals surface area contributed by atoms with E-state index in [1.165, 1.54) is 31.2 Å². The second-order valence-corrected chi connectivity index (χ2v) is 6.48. The van der Waals surface area contributed by atoms with Crippen LogP contribution in [0.2, 0.25) is 0 Å². The Bertz CT molecular complexity index is 622. The van der Waals surface area contributed by atoms with Gasteiger partial charge in [-0.05, 0) is 48.7 Å².